The standard InChI is InChI=1S/C14H11ClN2O2S/c1-9-8-20-13(12(9)15)14(18)17-10-3-2-4-11(7-10)19-6-5-16/h2-4,7-8H,6H2,1H3,(H,17,18). The molecular formula is C14H11ClN2O2S. The fourth-order valence-electron chi connectivity index (χ4n) is 1.55. The average Bonchev–Trinajstić information content (AvgIpc) is 2.77. The third-order valence-electron chi connectivity index (χ3n) is 2.50. The first-order valence-corrected chi connectivity index (χ1v) is 7.02. The van der Waals surface area contributed by atoms with Crippen molar-refractivity contribution in [3.05, 3.63) is 45.1 Å². The number of nitriles is 1. The number of benzene rings is 1. The highest BCUT2D eigenvalue weighted by Crippen LogP contribution is 2.28. The molecule has 2 aromatic rings. The van der Waals surface area contributed by atoms with Gasteiger partial charge in [0.05, 0.1) is 5.02 Å². The maximum Gasteiger partial charge on any atom is 0.267 e. The van der Waals surface area contributed by atoms with E-state index in [1.54, 1.807) is 24.3 Å². The van der Waals surface area contributed by atoms with Gasteiger partial charge in [-0.2, -0.15) is 5.26 Å². The van der Waals surface area contributed by atoms with Gasteiger partial charge < -0.3 is 10.1 Å². The Hall–Kier alpha value is -2.03. The maximum absolute atomic E-state index is 12.1. The van der Waals surface area contributed by atoms with E-state index in [1.807, 2.05) is 18.4 Å². The molecule has 0 bridgehead atoms. The van der Waals surface area contributed by atoms with Crippen molar-refractivity contribution in [1.82, 2.24) is 0 Å². The summed E-state index contributed by atoms with van der Waals surface area (Å²) in [5.74, 6) is 0.267. The number of amides is 1. The SMILES string of the molecule is Cc1csc(C(=O)Nc2cccc(OCC#N)c2)c1Cl. The molecule has 1 amide bonds. The van der Waals surface area contributed by atoms with Crippen LogP contribution in [-0.2, 0) is 0 Å². The van der Waals surface area contributed by atoms with Gasteiger partial charge in [0.2, 0.25) is 0 Å². The minimum Gasteiger partial charge on any atom is -0.479 e. The molecule has 0 saturated carbocycles. The van der Waals surface area contributed by atoms with Crippen molar-refractivity contribution in [2.45, 2.75) is 6.92 Å². The monoisotopic (exact) mass is 306 g/mol. The van der Waals surface area contributed by atoms with Crippen LogP contribution >= 0.6 is 22.9 Å². The summed E-state index contributed by atoms with van der Waals surface area (Å²) in [6, 6.07) is 8.74. The quantitative estimate of drug-likeness (QED) is 0.932. The summed E-state index contributed by atoms with van der Waals surface area (Å²) in [5, 5.41) is 13.5. The van der Waals surface area contributed by atoms with E-state index in [-0.39, 0.29) is 12.5 Å². The second-order valence-corrected chi connectivity index (χ2v) is 5.25. The number of rotatable bonds is 4. The topological polar surface area (TPSA) is 62.1 Å². The average molecular weight is 307 g/mol. The zero-order valence-corrected chi connectivity index (χ0v) is 12.2. The van der Waals surface area contributed by atoms with Gasteiger partial charge in [-0.1, -0.05) is 17.7 Å². The van der Waals surface area contributed by atoms with E-state index < -0.39 is 0 Å². The number of carbonyl (C=O) groups is 1. The number of ether oxygens (including phenoxy) is 1. The lowest BCUT2D eigenvalue weighted by Crippen LogP contribution is -2.10. The number of nitrogens with one attached hydrogen (secondary N) is 1. The van der Waals surface area contributed by atoms with Gasteiger partial charge >= 0.3 is 0 Å². The highest BCUT2D eigenvalue weighted by molar-refractivity contribution is 7.13. The first-order valence-electron chi connectivity index (χ1n) is 5.76. The Bertz CT molecular complexity index is 676. The fourth-order valence-corrected chi connectivity index (χ4v) is 2.72. The number of hydrogen-bond acceptors (Lipinski definition) is 4. The van der Waals surface area contributed by atoms with E-state index in [0.717, 1.165) is 5.56 Å². The van der Waals surface area contributed by atoms with Gasteiger partial charge in [-0.3, -0.25) is 4.79 Å². The Labute approximate surface area is 125 Å². The van der Waals surface area contributed by atoms with Gasteiger partial charge in [0, 0.05) is 11.8 Å². The van der Waals surface area contributed by atoms with Crippen LogP contribution in [0.15, 0.2) is 29.6 Å². The summed E-state index contributed by atoms with van der Waals surface area (Å²) < 4.78 is 5.18. The summed E-state index contributed by atoms with van der Waals surface area (Å²) in [6.07, 6.45) is 0. The van der Waals surface area contributed by atoms with Crippen LogP contribution in [0, 0.1) is 18.3 Å². The van der Waals surface area contributed by atoms with Crippen molar-refractivity contribution in [3.63, 3.8) is 0 Å². The molecule has 1 aromatic carbocycles. The van der Waals surface area contributed by atoms with Crippen molar-refractivity contribution in [2.24, 2.45) is 0 Å². The number of nitrogens with zero attached hydrogens (tertiary/aromatic N) is 1. The van der Waals surface area contributed by atoms with E-state index in [9.17, 15) is 4.79 Å². The van der Waals surface area contributed by atoms with E-state index >= 15 is 0 Å². The van der Waals surface area contributed by atoms with Crippen LogP contribution in [0.5, 0.6) is 5.75 Å². The Morgan fingerprint density at radius 2 is 2.35 bits per heavy atom. The van der Waals surface area contributed by atoms with Crippen molar-refractivity contribution in [1.29, 1.82) is 5.26 Å². The van der Waals surface area contributed by atoms with Gasteiger partial charge in [0.1, 0.15) is 16.7 Å². The largest absolute Gasteiger partial charge is 0.479 e. The van der Waals surface area contributed by atoms with E-state index in [0.29, 0.717) is 21.3 Å². The molecule has 1 aromatic heterocycles. The molecule has 1 N–H and O–H groups in total. The maximum atomic E-state index is 12.1. The molecule has 0 aliphatic rings. The molecule has 102 valence electrons. The lowest BCUT2D eigenvalue weighted by atomic mass is 10.3. The molecule has 0 aliphatic heterocycles. The smallest absolute Gasteiger partial charge is 0.267 e. The van der Waals surface area contributed by atoms with Crippen LogP contribution in [0.3, 0.4) is 0 Å². The van der Waals surface area contributed by atoms with Crippen LogP contribution in [0.1, 0.15) is 15.2 Å². The van der Waals surface area contributed by atoms with Crippen molar-refractivity contribution < 1.29 is 9.53 Å². The number of halogens is 1. The van der Waals surface area contributed by atoms with Crippen LogP contribution in [0.25, 0.3) is 0 Å². The number of anilines is 1. The second kappa shape index (κ2) is 6.42. The zero-order chi connectivity index (χ0) is 14.5. The van der Waals surface area contributed by atoms with Gasteiger partial charge in [-0.15, -0.1) is 11.3 Å². The number of hydrogen-bond donors (Lipinski definition) is 1. The number of thiophene rings is 1. The molecule has 20 heavy (non-hydrogen) atoms. The Kier molecular flexibility index (Phi) is 4.61. The third kappa shape index (κ3) is 3.29. The van der Waals surface area contributed by atoms with Gasteiger partial charge in [-0.25, -0.2) is 0 Å². The second-order valence-electron chi connectivity index (χ2n) is 3.99. The van der Waals surface area contributed by atoms with Crippen LogP contribution in [0.4, 0.5) is 5.69 Å². The molecule has 0 aliphatic carbocycles. The number of aryl methyl sites for hydroxylation is 1. The molecular weight excluding hydrogens is 296 g/mol. The molecule has 0 atom stereocenters. The summed E-state index contributed by atoms with van der Waals surface area (Å²) >= 11 is 7.36. The molecule has 0 radical (unpaired) electrons. The van der Waals surface area contributed by atoms with E-state index in [4.69, 9.17) is 21.6 Å². The summed E-state index contributed by atoms with van der Waals surface area (Å²) in [4.78, 5) is 12.6. The van der Waals surface area contributed by atoms with Gasteiger partial charge in [-0.05, 0) is 30.0 Å². The summed E-state index contributed by atoms with van der Waals surface area (Å²) in [6.45, 7) is 1.82. The van der Waals surface area contributed by atoms with Crippen molar-refractivity contribution in [3.8, 4) is 11.8 Å². The summed E-state index contributed by atoms with van der Waals surface area (Å²) in [5.41, 5.74) is 1.47. The first kappa shape index (κ1) is 14.4. The predicted octanol–water partition coefficient (Wildman–Crippen LogP) is 3.86. The van der Waals surface area contributed by atoms with Gasteiger partial charge in [0.15, 0.2) is 6.61 Å². The molecule has 2 rings (SSSR count). The Morgan fingerprint density at radius 3 is 3.00 bits per heavy atom. The summed E-state index contributed by atoms with van der Waals surface area (Å²) in [7, 11) is 0. The molecule has 0 spiro atoms. The van der Waals surface area contributed by atoms with Crippen LogP contribution in [-0.4, -0.2) is 12.5 Å². The van der Waals surface area contributed by atoms with Crippen molar-refractivity contribution >= 4 is 34.5 Å². The molecule has 0 fully saturated rings. The first-order chi connectivity index (χ1) is 9.61. The molecule has 1 heterocycles. The highest BCUT2D eigenvalue weighted by atomic mass is 35.5. The molecule has 4 nitrogen and oxygen atoms in total. The number of carbonyl (C=O) groups excluding carboxylic acids is 1. The molecule has 0 saturated heterocycles. The lowest BCUT2D eigenvalue weighted by molar-refractivity contribution is 0.103. The van der Waals surface area contributed by atoms with Crippen molar-refractivity contribution in [2.75, 3.05) is 11.9 Å². The normalized spacial score (nSPS) is 9.85. The predicted molar refractivity (Wildman–Crippen MR) is 79.6 cm³/mol. The molecule has 6 heteroatoms. The highest BCUT2D eigenvalue weighted by Gasteiger charge is 2.14. The van der Waals surface area contributed by atoms with Gasteiger partial charge in [0.25, 0.3) is 5.91 Å². The van der Waals surface area contributed by atoms with Crippen LogP contribution < -0.4 is 10.1 Å². The van der Waals surface area contributed by atoms with Crippen LogP contribution in [0.2, 0.25) is 5.02 Å². The third-order valence-corrected chi connectivity index (χ3v) is 4.20. The Balaban J connectivity index is 2.12. The lowest BCUT2D eigenvalue weighted by Gasteiger charge is -2.07. The Morgan fingerprint density at radius 1 is 1.55 bits per heavy atom. The minimum atomic E-state index is -0.259. The van der Waals surface area contributed by atoms with E-state index in [2.05, 4.69) is 5.32 Å². The molecule has 0 unspecified atom stereocenters. The fraction of sp³-hybridized carbons (Fsp3) is 0.143. The zero-order valence-electron chi connectivity index (χ0n) is 10.6. The van der Waals surface area contributed by atoms with E-state index in [1.165, 1.54) is 11.3 Å². The minimum absolute atomic E-state index is 0.0344.